The summed E-state index contributed by atoms with van der Waals surface area (Å²) in [6.45, 7) is 0.397. The van der Waals surface area contributed by atoms with E-state index < -0.39 is 10.0 Å². The smallest absolute Gasteiger partial charge is 0.263 e. The van der Waals surface area contributed by atoms with Gasteiger partial charge in [-0.2, -0.15) is 5.26 Å². The zero-order chi connectivity index (χ0) is 15.3. The van der Waals surface area contributed by atoms with Crippen LogP contribution in [-0.2, 0) is 21.4 Å². The third kappa shape index (κ3) is 3.78. The van der Waals surface area contributed by atoms with E-state index in [0.717, 1.165) is 11.8 Å². The summed E-state index contributed by atoms with van der Waals surface area (Å²) in [5.41, 5.74) is 1.46. The number of nitrogens with one attached hydrogen (secondary N) is 1. The highest BCUT2D eigenvalue weighted by molar-refractivity contribution is 7.92. The molecular formula is C14H13N3O3S. The zero-order valence-electron chi connectivity index (χ0n) is 11.3. The minimum absolute atomic E-state index is 0.00126. The van der Waals surface area contributed by atoms with Gasteiger partial charge in [0, 0.05) is 19.0 Å². The van der Waals surface area contributed by atoms with E-state index in [-0.39, 0.29) is 10.6 Å². The third-order valence-corrected chi connectivity index (χ3v) is 4.02. The van der Waals surface area contributed by atoms with E-state index in [9.17, 15) is 8.42 Å². The van der Waals surface area contributed by atoms with E-state index in [1.165, 1.54) is 12.1 Å². The Hall–Kier alpha value is -2.43. The number of hydrogen-bond donors (Lipinski definition) is 1. The van der Waals surface area contributed by atoms with Crippen LogP contribution in [0.5, 0.6) is 0 Å². The first-order valence-electron chi connectivity index (χ1n) is 6.02. The lowest BCUT2D eigenvalue weighted by atomic mass is 10.2. The molecule has 1 aromatic heterocycles. The third-order valence-electron chi connectivity index (χ3n) is 2.65. The molecule has 0 unspecified atom stereocenters. The van der Waals surface area contributed by atoms with Crippen molar-refractivity contribution in [3.63, 3.8) is 0 Å². The van der Waals surface area contributed by atoms with E-state index in [1.54, 1.807) is 25.3 Å². The molecule has 0 spiro atoms. The van der Waals surface area contributed by atoms with Crippen molar-refractivity contribution in [3.8, 4) is 6.07 Å². The van der Waals surface area contributed by atoms with Gasteiger partial charge in [0.05, 0.1) is 6.61 Å². The van der Waals surface area contributed by atoms with Crippen molar-refractivity contribution in [2.45, 2.75) is 11.5 Å². The van der Waals surface area contributed by atoms with Gasteiger partial charge in [0.15, 0.2) is 0 Å². The van der Waals surface area contributed by atoms with E-state index in [4.69, 9.17) is 10.00 Å². The first kappa shape index (κ1) is 15.0. The molecule has 0 aliphatic heterocycles. The number of nitriles is 1. The summed E-state index contributed by atoms with van der Waals surface area (Å²) in [6.07, 6.45) is 1.15. The Morgan fingerprint density at radius 3 is 2.76 bits per heavy atom. The Morgan fingerprint density at radius 1 is 1.33 bits per heavy atom. The van der Waals surface area contributed by atoms with Crippen LogP contribution in [0.4, 0.5) is 5.69 Å². The van der Waals surface area contributed by atoms with Crippen molar-refractivity contribution < 1.29 is 13.2 Å². The summed E-state index contributed by atoms with van der Waals surface area (Å²) in [5.74, 6) is 0. The monoisotopic (exact) mass is 303 g/mol. The van der Waals surface area contributed by atoms with Gasteiger partial charge in [-0.1, -0.05) is 12.1 Å². The van der Waals surface area contributed by atoms with Crippen molar-refractivity contribution in [2.75, 3.05) is 11.8 Å². The van der Waals surface area contributed by atoms with E-state index in [1.807, 2.05) is 12.1 Å². The van der Waals surface area contributed by atoms with Crippen LogP contribution in [0.1, 0.15) is 11.3 Å². The molecule has 0 fully saturated rings. The van der Waals surface area contributed by atoms with Crippen LogP contribution in [0.2, 0.25) is 0 Å². The van der Waals surface area contributed by atoms with Crippen LogP contribution in [0.25, 0.3) is 0 Å². The Labute approximate surface area is 123 Å². The quantitative estimate of drug-likeness (QED) is 0.910. The predicted octanol–water partition coefficient (Wildman–Crippen LogP) is 1.90. The Bertz CT molecular complexity index is 765. The van der Waals surface area contributed by atoms with Gasteiger partial charge in [-0.25, -0.2) is 13.4 Å². The average molecular weight is 303 g/mol. The molecule has 0 bridgehead atoms. The Kier molecular flexibility index (Phi) is 4.52. The summed E-state index contributed by atoms with van der Waals surface area (Å²) in [6, 6.07) is 11.5. The molecule has 7 heteroatoms. The SMILES string of the molecule is COCc1cccc(NS(=O)(=O)c2ccc(C#N)nc2)c1. The van der Waals surface area contributed by atoms with Crippen LogP contribution < -0.4 is 4.72 Å². The van der Waals surface area contributed by atoms with E-state index >= 15 is 0 Å². The van der Waals surface area contributed by atoms with Gasteiger partial charge < -0.3 is 4.74 Å². The minimum atomic E-state index is -3.73. The highest BCUT2D eigenvalue weighted by atomic mass is 32.2. The highest BCUT2D eigenvalue weighted by Crippen LogP contribution is 2.17. The Morgan fingerprint density at radius 2 is 2.14 bits per heavy atom. The summed E-state index contributed by atoms with van der Waals surface area (Å²) in [7, 11) is -2.16. The van der Waals surface area contributed by atoms with Gasteiger partial charge in [0.2, 0.25) is 0 Å². The summed E-state index contributed by atoms with van der Waals surface area (Å²) in [4.78, 5) is 3.75. The number of rotatable bonds is 5. The molecule has 0 radical (unpaired) electrons. The molecule has 0 aliphatic carbocycles. The molecule has 2 aromatic rings. The fourth-order valence-electron chi connectivity index (χ4n) is 1.71. The maximum Gasteiger partial charge on any atom is 0.263 e. The predicted molar refractivity (Wildman–Crippen MR) is 76.9 cm³/mol. The average Bonchev–Trinajstić information content (AvgIpc) is 2.47. The van der Waals surface area contributed by atoms with Gasteiger partial charge in [-0.3, -0.25) is 4.72 Å². The van der Waals surface area contributed by atoms with Crippen molar-refractivity contribution in [1.82, 2.24) is 4.98 Å². The first-order valence-corrected chi connectivity index (χ1v) is 7.50. The van der Waals surface area contributed by atoms with E-state index in [2.05, 4.69) is 9.71 Å². The van der Waals surface area contributed by atoms with Crippen molar-refractivity contribution in [1.29, 1.82) is 5.26 Å². The highest BCUT2D eigenvalue weighted by Gasteiger charge is 2.14. The van der Waals surface area contributed by atoms with Gasteiger partial charge in [0.25, 0.3) is 10.0 Å². The molecule has 0 amide bonds. The lowest BCUT2D eigenvalue weighted by Gasteiger charge is -2.09. The number of anilines is 1. The van der Waals surface area contributed by atoms with E-state index in [0.29, 0.717) is 12.3 Å². The first-order chi connectivity index (χ1) is 10.0. The number of pyridine rings is 1. The molecule has 0 atom stereocenters. The molecule has 21 heavy (non-hydrogen) atoms. The lowest BCUT2D eigenvalue weighted by Crippen LogP contribution is -2.13. The fraction of sp³-hybridized carbons (Fsp3) is 0.143. The van der Waals surface area contributed by atoms with Crippen LogP contribution in [0.15, 0.2) is 47.5 Å². The number of ether oxygens (including phenoxy) is 1. The van der Waals surface area contributed by atoms with Crippen LogP contribution in [0.3, 0.4) is 0 Å². The summed E-state index contributed by atoms with van der Waals surface area (Å²) in [5, 5.41) is 8.66. The number of benzene rings is 1. The van der Waals surface area contributed by atoms with Gasteiger partial charge in [0.1, 0.15) is 16.7 Å². The molecule has 6 nitrogen and oxygen atoms in total. The maximum absolute atomic E-state index is 12.2. The van der Waals surface area contributed by atoms with Gasteiger partial charge in [-0.15, -0.1) is 0 Å². The van der Waals surface area contributed by atoms with Crippen LogP contribution in [-0.4, -0.2) is 20.5 Å². The minimum Gasteiger partial charge on any atom is -0.380 e. The molecule has 1 N–H and O–H groups in total. The van der Waals surface area contributed by atoms with Crippen LogP contribution in [0, 0.1) is 11.3 Å². The van der Waals surface area contributed by atoms with Crippen molar-refractivity contribution in [2.24, 2.45) is 0 Å². The molecular weight excluding hydrogens is 290 g/mol. The maximum atomic E-state index is 12.2. The van der Waals surface area contributed by atoms with Gasteiger partial charge in [-0.05, 0) is 29.8 Å². The fourth-order valence-corrected chi connectivity index (χ4v) is 2.70. The van der Waals surface area contributed by atoms with Gasteiger partial charge >= 0.3 is 0 Å². The molecule has 1 aromatic carbocycles. The second-order valence-corrected chi connectivity index (χ2v) is 5.91. The normalized spacial score (nSPS) is 10.9. The molecule has 108 valence electrons. The number of methoxy groups -OCH3 is 1. The lowest BCUT2D eigenvalue weighted by molar-refractivity contribution is 0.185. The van der Waals surface area contributed by atoms with Crippen molar-refractivity contribution in [3.05, 3.63) is 53.9 Å². The number of sulfonamides is 1. The molecule has 0 saturated carbocycles. The topological polar surface area (TPSA) is 92.1 Å². The molecule has 2 rings (SSSR count). The molecule has 0 aliphatic rings. The zero-order valence-corrected chi connectivity index (χ0v) is 12.1. The molecule has 1 heterocycles. The standard InChI is InChI=1S/C14H13N3O3S/c1-20-10-11-3-2-4-12(7-11)17-21(18,19)14-6-5-13(8-15)16-9-14/h2-7,9,17H,10H2,1H3. The number of hydrogen-bond acceptors (Lipinski definition) is 5. The summed E-state index contributed by atoms with van der Waals surface area (Å²) >= 11 is 0. The van der Waals surface area contributed by atoms with Crippen LogP contribution >= 0.6 is 0 Å². The second-order valence-electron chi connectivity index (χ2n) is 4.23. The largest absolute Gasteiger partial charge is 0.380 e. The molecule has 0 saturated heterocycles. The second kappa shape index (κ2) is 6.35. The number of aromatic nitrogens is 1. The Balaban J connectivity index is 2.24. The van der Waals surface area contributed by atoms with Crippen molar-refractivity contribution >= 4 is 15.7 Å². The summed E-state index contributed by atoms with van der Waals surface area (Å²) < 4.78 is 31.9. The number of nitrogens with zero attached hydrogens (tertiary/aromatic N) is 2.